The third kappa shape index (κ3) is 3.18. The summed E-state index contributed by atoms with van der Waals surface area (Å²) in [6.45, 7) is 1.82. The zero-order valence-corrected chi connectivity index (χ0v) is 12.1. The Morgan fingerprint density at radius 1 is 1.21 bits per heavy atom. The van der Waals surface area contributed by atoms with Crippen LogP contribution >= 0.6 is 34.8 Å². The standard InChI is InChI=1S/C13H9Cl3N2O/c1-7-9(14)3-2-4-11(7)18-13(19)8-5-12(16)17-6-10(8)15/h2-6H,1H3,(H,18,19). The van der Waals surface area contributed by atoms with Gasteiger partial charge in [0.25, 0.3) is 5.91 Å². The zero-order valence-electron chi connectivity index (χ0n) is 9.88. The fourth-order valence-corrected chi connectivity index (χ4v) is 2.04. The molecule has 1 N–H and O–H groups in total. The van der Waals surface area contributed by atoms with Crippen molar-refractivity contribution in [3.8, 4) is 0 Å². The van der Waals surface area contributed by atoms with E-state index in [2.05, 4.69) is 10.3 Å². The summed E-state index contributed by atoms with van der Waals surface area (Å²) in [4.78, 5) is 15.9. The smallest absolute Gasteiger partial charge is 0.257 e. The van der Waals surface area contributed by atoms with Gasteiger partial charge in [0.15, 0.2) is 0 Å². The van der Waals surface area contributed by atoms with Gasteiger partial charge in [0.1, 0.15) is 5.15 Å². The number of rotatable bonds is 2. The first-order chi connectivity index (χ1) is 8.99. The van der Waals surface area contributed by atoms with Crippen molar-refractivity contribution in [1.82, 2.24) is 4.98 Å². The van der Waals surface area contributed by atoms with Crippen LogP contribution in [0.1, 0.15) is 15.9 Å². The number of halogens is 3. The van der Waals surface area contributed by atoms with Crippen LogP contribution in [-0.4, -0.2) is 10.9 Å². The fraction of sp³-hybridized carbons (Fsp3) is 0.0769. The van der Waals surface area contributed by atoms with Crippen LogP contribution in [0.15, 0.2) is 30.5 Å². The fourth-order valence-electron chi connectivity index (χ4n) is 1.52. The predicted octanol–water partition coefficient (Wildman–Crippen LogP) is 4.60. The van der Waals surface area contributed by atoms with E-state index >= 15 is 0 Å². The molecule has 0 aliphatic carbocycles. The number of hydrogen-bond acceptors (Lipinski definition) is 2. The molecule has 0 aliphatic heterocycles. The Balaban J connectivity index is 2.31. The van der Waals surface area contributed by atoms with E-state index in [1.807, 2.05) is 6.92 Å². The van der Waals surface area contributed by atoms with Crippen molar-refractivity contribution >= 4 is 46.4 Å². The molecule has 0 spiro atoms. The minimum absolute atomic E-state index is 0.206. The average Bonchev–Trinajstić information content (AvgIpc) is 2.38. The molecule has 0 fully saturated rings. The largest absolute Gasteiger partial charge is 0.322 e. The lowest BCUT2D eigenvalue weighted by Crippen LogP contribution is -2.13. The highest BCUT2D eigenvalue weighted by Crippen LogP contribution is 2.25. The highest BCUT2D eigenvalue weighted by atomic mass is 35.5. The molecule has 0 radical (unpaired) electrons. The van der Waals surface area contributed by atoms with E-state index < -0.39 is 0 Å². The van der Waals surface area contributed by atoms with E-state index in [-0.39, 0.29) is 21.6 Å². The third-order valence-electron chi connectivity index (χ3n) is 2.58. The molecule has 0 saturated heterocycles. The van der Waals surface area contributed by atoms with Gasteiger partial charge in [0.2, 0.25) is 0 Å². The molecule has 1 heterocycles. The van der Waals surface area contributed by atoms with Gasteiger partial charge >= 0.3 is 0 Å². The number of benzene rings is 1. The van der Waals surface area contributed by atoms with Crippen LogP contribution in [0.3, 0.4) is 0 Å². The number of hydrogen-bond donors (Lipinski definition) is 1. The van der Waals surface area contributed by atoms with Crippen molar-refractivity contribution in [2.45, 2.75) is 6.92 Å². The molecule has 0 unspecified atom stereocenters. The predicted molar refractivity (Wildman–Crippen MR) is 78.4 cm³/mol. The number of nitrogens with zero attached hydrogens (tertiary/aromatic N) is 1. The maximum Gasteiger partial charge on any atom is 0.257 e. The van der Waals surface area contributed by atoms with Crippen LogP contribution in [-0.2, 0) is 0 Å². The summed E-state index contributed by atoms with van der Waals surface area (Å²) in [5, 5.41) is 3.76. The Bertz CT molecular complexity index is 644. The van der Waals surface area contributed by atoms with Crippen LogP contribution in [0.25, 0.3) is 0 Å². The number of carbonyl (C=O) groups excluding carboxylic acids is 1. The Kier molecular flexibility index (Phi) is 4.30. The number of pyridine rings is 1. The van der Waals surface area contributed by atoms with Crippen molar-refractivity contribution in [1.29, 1.82) is 0 Å². The first-order valence-corrected chi connectivity index (χ1v) is 6.50. The van der Waals surface area contributed by atoms with Crippen LogP contribution in [0.4, 0.5) is 5.69 Å². The van der Waals surface area contributed by atoms with E-state index in [1.54, 1.807) is 18.2 Å². The second-order valence-corrected chi connectivity index (χ2v) is 5.06. The lowest BCUT2D eigenvalue weighted by molar-refractivity contribution is 0.102. The molecule has 2 rings (SSSR count). The van der Waals surface area contributed by atoms with Crippen LogP contribution in [0.2, 0.25) is 15.2 Å². The zero-order chi connectivity index (χ0) is 14.0. The molecule has 2 aromatic rings. The average molecular weight is 316 g/mol. The van der Waals surface area contributed by atoms with Gasteiger partial charge in [-0.25, -0.2) is 4.98 Å². The van der Waals surface area contributed by atoms with E-state index in [4.69, 9.17) is 34.8 Å². The molecule has 1 aromatic heterocycles. The Morgan fingerprint density at radius 3 is 2.68 bits per heavy atom. The summed E-state index contributed by atoms with van der Waals surface area (Å²) in [7, 11) is 0. The van der Waals surface area contributed by atoms with Crippen molar-refractivity contribution in [3.05, 3.63) is 56.8 Å². The second-order valence-electron chi connectivity index (χ2n) is 3.85. The summed E-state index contributed by atoms with van der Waals surface area (Å²) in [5.74, 6) is -0.361. The van der Waals surface area contributed by atoms with Gasteiger partial charge in [-0.2, -0.15) is 0 Å². The maximum atomic E-state index is 12.1. The van der Waals surface area contributed by atoms with Gasteiger partial charge in [-0.05, 0) is 30.7 Å². The second kappa shape index (κ2) is 5.78. The quantitative estimate of drug-likeness (QED) is 0.823. The number of carbonyl (C=O) groups is 1. The Labute approximate surface area is 125 Å². The normalized spacial score (nSPS) is 10.3. The van der Waals surface area contributed by atoms with Crippen LogP contribution in [0.5, 0.6) is 0 Å². The molecule has 0 bridgehead atoms. The summed E-state index contributed by atoms with van der Waals surface area (Å²) in [5.41, 5.74) is 1.68. The monoisotopic (exact) mass is 314 g/mol. The number of nitrogens with one attached hydrogen (secondary N) is 1. The molecular weight excluding hydrogens is 307 g/mol. The molecule has 0 atom stereocenters. The van der Waals surface area contributed by atoms with Crippen molar-refractivity contribution < 1.29 is 4.79 Å². The summed E-state index contributed by atoms with van der Waals surface area (Å²) >= 11 is 17.7. The molecule has 0 saturated carbocycles. The summed E-state index contributed by atoms with van der Waals surface area (Å²) in [6, 6.07) is 6.68. The molecule has 1 amide bonds. The first kappa shape index (κ1) is 14.1. The van der Waals surface area contributed by atoms with Gasteiger partial charge < -0.3 is 5.32 Å². The number of aromatic nitrogens is 1. The Hall–Kier alpha value is -1.29. The van der Waals surface area contributed by atoms with Crippen molar-refractivity contribution in [3.63, 3.8) is 0 Å². The van der Waals surface area contributed by atoms with Crippen LogP contribution in [0, 0.1) is 6.92 Å². The highest BCUT2D eigenvalue weighted by molar-refractivity contribution is 6.35. The van der Waals surface area contributed by atoms with Gasteiger partial charge in [-0.15, -0.1) is 0 Å². The van der Waals surface area contributed by atoms with Gasteiger partial charge in [0, 0.05) is 16.9 Å². The van der Waals surface area contributed by atoms with Crippen LogP contribution < -0.4 is 5.32 Å². The van der Waals surface area contributed by atoms with Gasteiger partial charge in [-0.3, -0.25) is 4.79 Å². The molecule has 98 valence electrons. The molecular formula is C13H9Cl3N2O. The van der Waals surface area contributed by atoms with E-state index in [1.165, 1.54) is 12.3 Å². The van der Waals surface area contributed by atoms with Gasteiger partial charge in [-0.1, -0.05) is 40.9 Å². The van der Waals surface area contributed by atoms with Crippen molar-refractivity contribution in [2.75, 3.05) is 5.32 Å². The number of anilines is 1. The topological polar surface area (TPSA) is 42.0 Å². The highest BCUT2D eigenvalue weighted by Gasteiger charge is 2.13. The summed E-state index contributed by atoms with van der Waals surface area (Å²) in [6.07, 6.45) is 1.34. The lowest BCUT2D eigenvalue weighted by Gasteiger charge is -2.10. The van der Waals surface area contributed by atoms with E-state index in [9.17, 15) is 4.79 Å². The number of amides is 1. The Morgan fingerprint density at radius 2 is 1.95 bits per heavy atom. The molecule has 6 heteroatoms. The van der Waals surface area contributed by atoms with E-state index in [0.717, 1.165) is 5.56 Å². The molecule has 0 aliphatic rings. The summed E-state index contributed by atoms with van der Waals surface area (Å²) < 4.78 is 0. The maximum absolute atomic E-state index is 12.1. The first-order valence-electron chi connectivity index (χ1n) is 5.36. The van der Waals surface area contributed by atoms with E-state index in [0.29, 0.717) is 10.7 Å². The van der Waals surface area contributed by atoms with Crippen molar-refractivity contribution in [2.24, 2.45) is 0 Å². The molecule has 3 nitrogen and oxygen atoms in total. The SMILES string of the molecule is Cc1c(Cl)cccc1NC(=O)c1cc(Cl)ncc1Cl. The van der Waals surface area contributed by atoms with Gasteiger partial charge in [0.05, 0.1) is 10.6 Å². The third-order valence-corrected chi connectivity index (χ3v) is 3.50. The minimum atomic E-state index is -0.361. The lowest BCUT2D eigenvalue weighted by atomic mass is 10.2. The minimum Gasteiger partial charge on any atom is -0.322 e. The molecule has 19 heavy (non-hydrogen) atoms. The molecule has 1 aromatic carbocycles.